The van der Waals surface area contributed by atoms with Gasteiger partial charge in [-0.3, -0.25) is 0 Å². The summed E-state index contributed by atoms with van der Waals surface area (Å²) in [6, 6.07) is 0. The zero-order valence-corrected chi connectivity index (χ0v) is 11.0. The normalized spacial score (nSPS) is 40.3. The predicted molar refractivity (Wildman–Crippen MR) is 67.3 cm³/mol. The van der Waals surface area contributed by atoms with E-state index in [1.54, 1.807) is 0 Å². The molecule has 2 aliphatic rings. The molecule has 0 aliphatic carbocycles. The first-order chi connectivity index (χ1) is 7.27. The van der Waals surface area contributed by atoms with E-state index in [1.807, 2.05) is 0 Å². The number of hydrogen-bond donors (Lipinski definition) is 0. The molecule has 0 aromatic rings. The molecule has 2 heterocycles. The van der Waals surface area contributed by atoms with Crippen LogP contribution in [0.1, 0.15) is 64.7 Å². The number of fused-ring (bicyclic) bond motifs is 2. The molecule has 2 bridgehead atoms. The van der Waals surface area contributed by atoms with Crippen molar-refractivity contribution in [3.8, 4) is 0 Å². The van der Waals surface area contributed by atoms with Gasteiger partial charge in [-0.2, -0.15) is 0 Å². The smallest absolute Gasteiger partial charge is 0.0935 e. The van der Waals surface area contributed by atoms with Gasteiger partial charge in [0.2, 0.25) is 0 Å². The highest BCUT2D eigenvalue weighted by Gasteiger charge is 2.45. The van der Waals surface area contributed by atoms with Crippen LogP contribution in [0.3, 0.4) is 0 Å². The van der Waals surface area contributed by atoms with Gasteiger partial charge in [-0.05, 0) is 32.1 Å². The first-order valence-corrected chi connectivity index (χ1v) is 8.89. The van der Waals surface area contributed by atoms with Crippen molar-refractivity contribution in [1.82, 2.24) is 0 Å². The summed E-state index contributed by atoms with van der Waals surface area (Å²) < 4.78 is 13.1. The Labute approximate surface area is 94.4 Å². The van der Waals surface area contributed by atoms with E-state index in [-0.39, 0.29) is 0 Å². The Balaban J connectivity index is 2.01. The van der Waals surface area contributed by atoms with Crippen LogP contribution >= 0.6 is 7.14 Å². The summed E-state index contributed by atoms with van der Waals surface area (Å²) >= 11 is 0. The molecule has 2 atom stereocenters. The fourth-order valence-electron chi connectivity index (χ4n) is 3.58. The van der Waals surface area contributed by atoms with Crippen LogP contribution in [0.15, 0.2) is 0 Å². The third kappa shape index (κ3) is 2.33. The molecule has 2 fully saturated rings. The van der Waals surface area contributed by atoms with Gasteiger partial charge >= 0.3 is 0 Å². The molecule has 2 heteroatoms. The molecule has 2 saturated heterocycles. The van der Waals surface area contributed by atoms with Crippen molar-refractivity contribution in [2.45, 2.75) is 76.0 Å². The first kappa shape index (κ1) is 11.7. The molecule has 1 nitrogen and oxygen atoms in total. The SMILES string of the molecule is CCCCCP1(=O)C2CCCCC1CC2. The quantitative estimate of drug-likeness (QED) is 0.506. The van der Waals surface area contributed by atoms with Gasteiger partial charge in [0.05, 0.1) is 7.14 Å². The molecule has 0 saturated carbocycles. The van der Waals surface area contributed by atoms with Crippen molar-refractivity contribution >= 4 is 7.14 Å². The average Bonchev–Trinajstić information content (AvgIpc) is 2.37. The van der Waals surface area contributed by atoms with Crippen LogP contribution in [-0.4, -0.2) is 17.5 Å². The van der Waals surface area contributed by atoms with Gasteiger partial charge in [-0.1, -0.05) is 32.6 Å². The molecule has 88 valence electrons. The Bertz CT molecular complexity index is 231. The molecule has 0 amide bonds. The first-order valence-electron chi connectivity index (χ1n) is 6.86. The second-order valence-corrected chi connectivity index (χ2v) is 9.07. The molecule has 2 aliphatic heterocycles. The highest BCUT2D eigenvalue weighted by atomic mass is 31.2. The van der Waals surface area contributed by atoms with Gasteiger partial charge in [0.25, 0.3) is 0 Å². The van der Waals surface area contributed by atoms with Crippen molar-refractivity contribution in [3.05, 3.63) is 0 Å². The van der Waals surface area contributed by atoms with E-state index in [9.17, 15) is 4.57 Å². The molecule has 0 aromatic carbocycles. The van der Waals surface area contributed by atoms with Crippen LogP contribution in [0.5, 0.6) is 0 Å². The van der Waals surface area contributed by atoms with E-state index >= 15 is 0 Å². The Morgan fingerprint density at radius 2 is 1.60 bits per heavy atom. The minimum atomic E-state index is -1.76. The summed E-state index contributed by atoms with van der Waals surface area (Å²) in [5.41, 5.74) is 1.28. The largest absolute Gasteiger partial charge is 0.323 e. The topological polar surface area (TPSA) is 17.1 Å². The van der Waals surface area contributed by atoms with E-state index < -0.39 is 7.14 Å². The second kappa shape index (κ2) is 5.04. The van der Waals surface area contributed by atoms with Crippen LogP contribution < -0.4 is 0 Å². The Hall–Kier alpha value is 0.230. The number of hydrogen-bond acceptors (Lipinski definition) is 1. The monoisotopic (exact) mass is 228 g/mol. The minimum absolute atomic E-state index is 0.641. The van der Waals surface area contributed by atoms with Gasteiger partial charge < -0.3 is 4.57 Å². The second-order valence-electron chi connectivity index (χ2n) is 5.45. The van der Waals surface area contributed by atoms with Crippen LogP contribution in [0, 0.1) is 0 Å². The van der Waals surface area contributed by atoms with Gasteiger partial charge in [-0.25, -0.2) is 0 Å². The van der Waals surface area contributed by atoms with E-state index in [0.29, 0.717) is 11.3 Å². The summed E-state index contributed by atoms with van der Waals surface area (Å²) in [5, 5.41) is 0. The maximum absolute atomic E-state index is 13.1. The molecule has 15 heavy (non-hydrogen) atoms. The Morgan fingerprint density at radius 1 is 1.00 bits per heavy atom. The van der Waals surface area contributed by atoms with Gasteiger partial charge in [0.1, 0.15) is 0 Å². The minimum Gasteiger partial charge on any atom is -0.323 e. The highest BCUT2D eigenvalue weighted by molar-refractivity contribution is 7.65. The van der Waals surface area contributed by atoms with Crippen molar-refractivity contribution in [2.24, 2.45) is 0 Å². The maximum Gasteiger partial charge on any atom is 0.0935 e. The van der Waals surface area contributed by atoms with Gasteiger partial charge in [-0.15, -0.1) is 0 Å². The summed E-state index contributed by atoms with van der Waals surface area (Å²) in [6.45, 7) is 2.23. The van der Waals surface area contributed by atoms with Gasteiger partial charge in [0, 0.05) is 17.5 Å². The molecule has 0 spiro atoms. The lowest BCUT2D eigenvalue weighted by Crippen LogP contribution is -2.08. The van der Waals surface area contributed by atoms with Gasteiger partial charge in [0.15, 0.2) is 0 Å². The molecular weight excluding hydrogens is 203 g/mol. The highest BCUT2D eigenvalue weighted by Crippen LogP contribution is 2.67. The summed E-state index contributed by atoms with van der Waals surface area (Å²) in [4.78, 5) is 0. The third-order valence-electron chi connectivity index (χ3n) is 4.51. The van der Waals surface area contributed by atoms with Crippen molar-refractivity contribution < 1.29 is 4.57 Å². The number of rotatable bonds is 4. The summed E-state index contributed by atoms with van der Waals surface area (Å²) in [7, 11) is -1.76. The fourth-order valence-corrected chi connectivity index (χ4v) is 8.04. The van der Waals surface area contributed by atoms with Crippen LogP contribution in [-0.2, 0) is 4.57 Å². The zero-order valence-electron chi connectivity index (χ0n) is 10.1. The van der Waals surface area contributed by atoms with Crippen LogP contribution in [0.2, 0.25) is 0 Å². The van der Waals surface area contributed by atoms with Crippen molar-refractivity contribution in [3.63, 3.8) is 0 Å². The predicted octanol–water partition coefficient (Wildman–Crippen LogP) is 4.64. The van der Waals surface area contributed by atoms with E-state index in [2.05, 4.69) is 6.92 Å². The van der Waals surface area contributed by atoms with Crippen LogP contribution in [0.25, 0.3) is 0 Å². The molecular formula is C13H25OP. The molecule has 0 radical (unpaired) electrons. The average molecular weight is 228 g/mol. The fraction of sp³-hybridized carbons (Fsp3) is 1.00. The Kier molecular flexibility index (Phi) is 3.93. The zero-order chi connectivity index (χ0) is 10.7. The molecule has 0 aromatic heterocycles. The Morgan fingerprint density at radius 3 is 2.13 bits per heavy atom. The summed E-state index contributed by atoms with van der Waals surface area (Å²) in [6.07, 6.45) is 12.7. The van der Waals surface area contributed by atoms with E-state index in [4.69, 9.17) is 0 Å². The van der Waals surface area contributed by atoms with Crippen molar-refractivity contribution in [1.29, 1.82) is 0 Å². The summed E-state index contributed by atoms with van der Waals surface area (Å²) in [5.74, 6) is 0. The molecule has 0 N–H and O–H groups in total. The lowest BCUT2D eigenvalue weighted by Gasteiger charge is -2.23. The van der Waals surface area contributed by atoms with E-state index in [1.165, 1.54) is 57.8 Å². The maximum atomic E-state index is 13.1. The molecule has 2 rings (SSSR count). The van der Waals surface area contributed by atoms with E-state index in [0.717, 1.165) is 6.16 Å². The standard InChI is InChI=1S/C13H25OP/c1-2-3-6-11-15(14)12-7-4-5-8-13(15)10-9-12/h12-13H,2-11H2,1H3. The lowest BCUT2D eigenvalue weighted by atomic mass is 10.0. The lowest BCUT2D eigenvalue weighted by molar-refractivity contribution is 0.556. The van der Waals surface area contributed by atoms with Crippen LogP contribution in [0.4, 0.5) is 0 Å². The third-order valence-corrected chi connectivity index (χ3v) is 9.03. The van der Waals surface area contributed by atoms with Crippen molar-refractivity contribution in [2.75, 3.05) is 6.16 Å². The number of unbranched alkanes of at least 4 members (excludes halogenated alkanes) is 2. The molecule has 2 unspecified atom stereocenters.